The molecule has 0 heterocycles. The van der Waals surface area contributed by atoms with E-state index in [1.54, 1.807) is 5.57 Å². The zero-order chi connectivity index (χ0) is 21.0. The lowest BCUT2D eigenvalue weighted by atomic mass is 9.47. The summed E-state index contributed by atoms with van der Waals surface area (Å²) in [5, 5.41) is 13.7. The first kappa shape index (κ1) is 21.9. The van der Waals surface area contributed by atoms with Crippen molar-refractivity contribution in [2.45, 2.75) is 110 Å². The normalized spacial score (nSPS) is 45.8. The first-order chi connectivity index (χ1) is 13.6. The highest BCUT2D eigenvalue weighted by Crippen LogP contribution is 2.67. The molecule has 0 saturated heterocycles. The summed E-state index contributed by atoms with van der Waals surface area (Å²) in [6, 6.07) is 0. The van der Waals surface area contributed by atoms with Gasteiger partial charge in [0, 0.05) is 5.54 Å². The molecule has 0 bridgehead atoms. The van der Waals surface area contributed by atoms with Gasteiger partial charge in [-0.2, -0.15) is 0 Å². The van der Waals surface area contributed by atoms with Crippen molar-refractivity contribution in [2.75, 3.05) is 7.05 Å². The molecule has 0 amide bonds. The van der Waals surface area contributed by atoms with Crippen molar-refractivity contribution in [3.05, 3.63) is 11.6 Å². The summed E-state index contributed by atoms with van der Waals surface area (Å²) in [5.74, 6) is 4.43. The number of nitrogens with one attached hydrogen (secondary N) is 1. The Morgan fingerprint density at radius 1 is 1.14 bits per heavy atom. The van der Waals surface area contributed by atoms with Crippen LogP contribution in [0.5, 0.6) is 0 Å². The minimum Gasteiger partial charge on any atom is -0.393 e. The third kappa shape index (κ3) is 3.65. The zero-order valence-corrected chi connectivity index (χ0v) is 20.1. The Morgan fingerprint density at radius 2 is 1.90 bits per heavy atom. The molecule has 8 atom stereocenters. The fourth-order valence-corrected chi connectivity index (χ4v) is 8.53. The van der Waals surface area contributed by atoms with Gasteiger partial charge >= 0.3 is 0 Å². The van der Waals surface area contributed by atoms with E-state index in [-0.39, 0.29) is 11.6 Å². The molecule has 0 aromatic rings. The molecule has 2 N–H and O–H groups in total. The smallest absolute Gasteiger partial charge is 0.0577 e. The van der Waals surface area contributed by atoms with E-state index in [4.69, 9.17) is 0 Å². The van der Waals surface area contributed by atoms with Crippen LogP contribution >= 0.6 is 0 Å². The van der Waals surface area contributed by atoms with E-state index in [2.05, 4.69) is 53.1 Å². The third-order valence-corrected chi connectivity index (χ3v) is 10.7. The minimum atomic E-state index is -0.0849. The highest BCUT2D eigenvalue weighted by atomic mass is 16.3. The van der Waals surface area contributed by atoms with Gasteiger partial charge in [-0.1, -0.05) is 32.4 Å². The first-order valence-electron chi connectivity index (χ1n) is 12.7. The maximum Gasteiger partial charge on any atom is 0.0577 e. The average molecular weight is 402 g/mol. The van der Waals surface area contributed by atoms with Gasteiger partial charge in [0.1, 0.15) is 0 Å². The molecule has 3 unspecified atom stereocenters. The standard InChI is InChI=1S/C27H47NO/c1-18(11-14-25(2,3)28-6)22-9-10-23-21-8-7-19-17-20(29)12-15-26(19,4)24(21)13-16-27(22,23)5/h7,18,20-24,28-29H,8-17H2,1-6H3/t18-,20+,21?,22-,23?,24?,26+,27-/m1/s1. The van der Waals surface area contributed by atoms with E-state index in [0.717, 1.165) is 42.4 Å². The molecule has 4 rings (SSSR count). The number of allylic oxidation sites excluding steroid dienone is 1. The molecule has 3 saturated carbocycles. The predicted octanol–water partition coefficient (Wildman–Crippen LogP) is 6.34. The lowest BCUT2D eigenvalue weighted by molar-refractivity contribution is -0.0575. The van der Waals surface area contributed by atoms with E-state index in [0.29, 0.717) is 10.8 Å². The highest BCUT2D eigenvalue weighted by molar-refractivity contribution is 5.25. The molecule has 4 aliphatic rings. The van der Waals surface area contributed by atoms with Gasteiger partial charge in [-0.25, -0.2) is 0 Å². The number of hydrogen-bond donors (Lipinski definition) is 2. The van der Waals surface area contributed by atoms with Crippen LogP contribution < -0.4 is 5.32 Å². The molecule has 2 heteroatoms. The van der Waals surface area contributed by atoms with Crippen molar-refractivity contribution in [2.24, 2.45) is 40.4 Å². The fraction of sp³-hybridized carbons (Fsp3) is 0.926. The summed E-state index contributed by atoms with van der Waals surface area (Å²) < 4.78 is 0. The van der Waals surface area contributed by atoms with Gasteiger partial charge in [0.15, 0.2) is 0 Å². The van der Waals surface area contributed by atoms with Crippen LogP contribution in [0.4, 0.5) is 0 Å². The Labute approximate surface area is 180 Å². The lowest BCUT2D eigenvalue weighted by Gasteiger charge is -2.58. The molecule has 4 aliphatic carbocycles. The molecule has 29 heavy (non-hydrogen) atoms. The van der Waals surface area contributed by atoms with Crippen LogP contribution in [0.1, 0.15) is 98.8 Å². The number of rotatable bonds is 5. The van der Waals surface area contributed by atoms with Crippen LogP contribution in [0.3, 0.4) is 0 Å². The van der Waals surface area contributed by atoms with Crippen molar-refractivity contribution in [3.8, 4) is 0 Å². The number of fused-ring (bicyclic) bond motifs is 5. The number of hydrogen-bond acceptors (Lipinski definition) is 2. The maximum atomic E-state index is 10.2. The van der Waals surface area contributed by atoms with Crippen LogP contribution in [0.2, 0.25) is 0 Å². The van der Waals surface area contributed by atoms with Crippen molar-refractivity contribution in [1.82, 2.24) is 5.32 Å². The van der Waals surface area contributed by atoms with Crippen LogP contribution in [0.25, 0.3) is 0 Å². The van der Waals surface area contributed by atoms with Gasteiger partial charge in [0.05, 0.1) is 6.10 Å². The van der Waals surface area contributed by atoms with E-state index in [1.165, 1.54) is 51.4 Å². The SMILES string of the molecule is CNC(C)(C)CC[C@@H](C)[C@H]1CCC2C3CC=C4C[C@@H](O)CC[C@]4(C)C3CC[C@@]21C. The number of aliphatic hydroxyl groups excluding tert-OH is 1. The Morgan fingerprint density at radius 3 is 2.62 bits per heavy atom. The predicted molar refractivity (Wildman–Crippen MR) is 123 cm³/mol. The van der Waals surface area contributed by atoms with Crippen LogP contribution in [0, 0.1) is 40.4 Å². The Kier molecular flexibility index (Phi) is 5.78. The summed E-state index contributed by atoms with van der Waals surface area (Å²) in [4.78, 5) is 0. The second kappa shape index (κ2) is 7.66. The Bertz CT molecular complexity index is 638. The molecule has 2 nitrogen and oxygen atoms in total. The van der Waals surface area contributed by atoms with Crippen molar-refractivity contribution >= 4 is 0 Å². The van der Waals surface area contributed by atoms with Crippen LogP contribution in [0.15, 0.2) is 11.6 Å². The van der Waals surface area contributed by atoms with Gasteiger partial charge in [-0.05, 0) is 126 Å². The molecule has 0 aromatic carbocycles. The summed E-state index contributed by atoms with van der Waals surface area (Å²) >= 11 is 0. The van der Waals surface area contributed by atoms with Gasteiger partial charge < -0.3 is 10.4 Å². The second-order valence-electron chi connectivity index (χ2n) is 12.5. The summed E-state index contributed by atoms with van der Waals surface area (Å²) in [7, 11) is 2.11. The average Bonchev–Trinajstić information content (AvgIpc) is 3.04. The molecule has 166 valence electrons. The van der Waals surface area contributed by atoms with Crippen molar-refractivity contribution < 1.29 is 5.11 Å². The Balaban J connectivity index is 1.50. The van der Waals surface area contributed by atoms with Crippen molar-refractivity contribution in [1.29, 1.82) is 0 Å². The molecular formula is C27H47NO. The van der Waals surface area contributed by atoms with Crippen LogP contribution in [-0.4, -0.2) is 23.8 Å². The summed E-state index contributed by atoms with van der Waals surface area (Å²) in [6.45, 7) is 12.5. The largest absolute Gasteiger partial charge is 0.393 e. The monoisotopic (exact) mass is 401 g/mol. The molecule has 0 spiro atoms. The van der Waals surface area contributed by atoms with Gasteiger partial charge in [-0.3, -0.25) is 0 Å². The van der Waals surface area contributed by atoms with E-state index in [9.17, 15) is 5.11 Å². The zero-order valence-electron chi connectivity index (χ0n) is 20.1. The molecule has 0 radical (unpaired) electrons. The summed E-state index contributed by atoms with van der Waals surface area (Å²) in [5.41, 5.74) is 2.80. The molecule has 3 fully saturated rings. The quantitative estimate of drug-likeness (QED) is 0.527. The molecule has 0 aliphatic heterocycles. The van der Waals surface area contributed by atoms with E-state index in [1.807, 2.05) is 0 Å². The first-order valence-corrected chi connectivity index (χ1v) is 12.7. The van der Waals surface area contributed by atoms with Gasteiger partial charge in [0.25, 0.3) is 0 Å². The van der Waals surface area contributed by atoms with E-state index < -0.39 is 0 Å². The maximum absolute atomic E-state index is 10.2. The Hall–Kier alpha value is -0.340. The lowest BCUT2D eigenvalue weighted by Crippen LogP contribution is -2.50. The molecule has 0 aromatic heterocycles. The number of aliphatic hydroxyl groups is 1. The summed E-state index contributed by atoms with van der Waals surface area (Å²) in [6.07, 6.45) is 15.4. The van der Waals surface area contributed by atoms with Gasteiger partial charge in [0.2, 0.25) is 0 Å². The highest BCUT2D eigenvalue weighted by Gasteiger charge is 2.59. The fourth-order valence-electron chi connectivity index (χ4n) is 8.53. The van der Waals surface area contributed by atoms with Gasteiger partial charge in [-0.15, -0.1) is 0 Å². The minimum absolute atomic E-state index is 0.0849. The molecular weight excluding hydrogens is 354 g/mol. The van der Waals surface area contributed by atoms with Crippen molar-refractivity contribution in [3.63, 3.8) is 0 Å². The topological polar surface area (TPSA) is 32.3 Å². The third-order valence-electron chi connectivity index (χ3n) is 10.7. The van der Waals surface area contributed by atoms with E-state index >= 15 is 0 Å². The van der Waals surface area contributed by atoms with Crippen LogP contribution in [-0.2, 0) is 0 Å². The second-order valence-corrected chi connectivity index (χ2v) is 12.5.